The fourth-order valence-electron chi connectivity index (χ4n) is 6.52. The van der Waals surface area contributed by atoms with Gasteiger partial charge in [0.25, 0.3) is 8.32 Å². The molecular formula is C47H70O4Si2. The van der Waals surface area contributed by atoms with Crippen molar-refractivity contribution < 1.29 is 18.7 Å². The van der Waals surface area contributed by atoms with Crippen LogP contribution in [0.1, 0.15) is 101 Å². The SMILES string of the molecule is C/C=C(/C)[C@@H](C/C=C(\C)[C@@H](O[Si](c1ccccc1)(c1ccccc1)C(C)(C)C)[C@H](OCc1ccccc1)C(O)C/C=C(/C)CC)O[Si](C)(C)C(C)(C)C. The minimum Gasteiger partial charge on any atom is -0.410 e. The summed E-state index contributed by atoms with van der Waals surface area (Å²) in [6.07, 6.45) is 6.68. The molecule has 3 aromatic rings. The van der Waals surface area contributed by atoms with Crippen LogP contribution in [0.5, 0.6) is 0 Å². The summed E-state index contributed by atoms with van der Waals surface area (Å²) in [5, 5.41) is 14.4. The molecule has 3 aromatic carbocycles. The van der Waals surface area contributed by atoms with Gasteiger partial charge in [-0.25, -0.2) is 0 Å². The van der Waals surface area contributed by atoms with E-state index in [9.17, 15) is 5.11 Å². The molecule has 1 N–H and O–H groups in total. The molecule has 0 saturated heterocycles. The highest BCUT2D eigenvalue weighted by Gasteiger charge is 2.53. The van der Waals surface area contributed by atoms with Crippen molar-refractivity contribution in [3.8, 4) is 0 Å². The minimum absolute atomic E-state index is 0.0619. The first-order valence-corrected chi connectivity index (χ1v) is 24.4. The Morgan fingerprint density at radius 3 is 1.66 bits per heavy atom. The van der Waals surface area contributed by atoms with Crippen molar-refractivity contribution in [3.63, 3.8) is 0 Å². The van der Waals surface area contributed by atoms with Crippen molar-refractivity contribution >= 4 is 27.0 Å². The van der Waals surface area contributed by atoms with Gasteiger partial charge < -0.3 is 18.7 Å². The van der Waals surface area contributed by atoms with Gasteiger partial charge in [-0.05, 0) is 97.2 Å². The molecule has 0 saturated carbocycles. The zero-order valence-corrected chi connectivity index (χ0v) is 37.2. The number of rotatable bonds is 18. The van der Waals surface area contributed by atoms with E-state index in [2.05, 4.69) is 180 Å². The minimum atomic E-state index is -3.07. The summed E-state index contributed by atoms with van der Waals surface area (Å²) < 4.78 is 21.9. The van der Waals surface area contributed by atoms with E-state index in [1.165, 1.54) is 21.5 Å². The van der Waals surface area contributed by atoms with Crippen LogP contribution in [0.3, 0.4) is 0 Å². The predicted molar refractivity (Wildman–Crippen MR) is 232 cm³/mol. The Bertz CT molecular complexity index is 1580. The molecule has 1 unspecified atom stereocenters. The summed E-state index contributed by atoms with van der Waals surface area (Å²) in [6.45, 7) is 29.5. The molecule has 0 heterocycles. The standard InChI is InChI=1S/C47H70O4Si2/c1-14-36(3)31-33-42(48)45(49-35-39-25-19-16-20-26-39)44(38(5)32-34-43(37(4)15-2)50-52(12,13)46(6,7)8)51-53(47(9,10)11,40-27-21-17-22-28-40)41-29-23-18-24-30-41/h15-32,42-45,48H,14,33-35H2,1-13H3/b36-31-,37-15-,38-32+/t42?,43-,44-,45-/m1/s1. The Morgan fingerprint density at radius 2 is 1.21 bits per heavy atom. The van der Waals surface area contributed by atoms with E-state index >= 15 is 0 Å². The zero-order chi connectivity index (χ0) is 39.5. The first-order chi connectivity index (χ1) is 24.9. The van der Waals surface area contributed by atoms with E-state index in [0.717, 1.165) is 17.6 Å². The van der Waals surface area contributed by atoms with Crippen LogP contribution in [0.2, 0.25) is 23.2 Å². The Morgan fingerprint density at radius 1 is 0.698 bits per heavy atom. The summed E-state index contributed by atoms with van der Waals surface area (Å²) in [5.74, 6) is 0. The van der Waals surface area contributed by atoms with E-state index in [-0.39, 0.29) is 16.2 Å². The fraction of sp³-hybridized carbons (Fsp3) is 0.489. The number of hydrogen-bond donors (Lipinski definition) is 1. The van der Waals surface area contributed by atoms with Gasteiger partial charge in [0.2, 0.25) is 0 Å². The second kappa shape index (κ2) is 19.7. The predicted octanol–water partition coefficient (Wildman–Crippen LogP) is 11.3. The molecule has 0 aliphatic rings. The maximum atomic E-state index is 12.2. The number of aliphatic hydroxyl groups excluding tert-OH is 1. The first-order valence-electron chi connectivity index (χ1n) is 19.6. The van der Waals surface area contributed by atoms with Crippen molar-refractivity contribution in [1.29, 1.82) is 0 Å². The maximum absolute atomic E-state index is 12.2. The average Bonchev–Trinajstić information content (AvgIpc) is 3.13. The van der Waals surface area contributed by atoms with Gasteiger partial charge in [0.15, 0.2) is 8.32 Å². The van der Waals surface area contributed by atoms with E-state index < -0.39 is 34.9 Å². The van der Waals surface area contributed by atoms with E-state index in [1.54, 1.807) is 0 Å². The summed E-state index contributed by atoms with van der Waals surface area (Å²) in [4.78, 5) is 0. The topological polar surface area (TPSA) is 47.9 Å². The number of ether oxygens (including phenoxy) is 1. The van der Waals surface area contributed by atoms with Gasteiger partial charge in [0.05, 0.1) is 24.9 Å². The van der Waals surface area contributed by atoms with Gasteiger partial charge in [-0.1, -0.05) is 163 Å². The molecule has 53 heavy (non-hydrogen) atoms. The molecule has 0 radical (unpaired) electrons. The molecule has 0 spiro atoms. The molecule has 0 bridgehead atoms. The van der Waals surface area contributed by atoms with Crippen LogP contribution in [0.25, 0.3) is 0 Å². The highest BCUT2D eigenvalue weighted by atomic mass is 28.4. The highest BCUT2D eigenvalue weighted by Crippen LogP contribution is 2.41. The van der Waals surface area contributed by atoms with Crippen molar-refractivity contribution in [2.75, 3.05) is 0 Å². The quantitative estimate of drug-likeness (QED) is 0.104. The van der Waals surface area contributed by atoms with Gasteiger partial charge in [-0.15, -0.1) is 0 Å². The number of allylic oxidation sites excluding steroid dienone is 2. The third-order valence-electron chi connectivity index (χ3n) is 11.3. The molecule has 6 heteroatoms. The van der Waals surface area contributed by atoms with Gasteiger partial charge in [-0.2, -0.15) is 0 Å². The Kier molecular flexibility index (Phi) is 16.5. The zero-order valence-electron chi connectivity index (χ0n) is 35.2. The lowest BCUT2D eigenvalue weighted by molar-refractivity contribution is -0.0898. The van der Waals surface area contributed by atoms with Gasteiger partial charge in [0.1, 0.15) is 6.10 Å². The van der Waals surface area contributed by atoms with Crippen molar-refractivity contribution in [3.05, 3.63) is 132 Å². The summed E-state index contributed by atoms with van der Waals surface area (Å²) in [6, 6.07) is 31.8. The second-order valence-electron chi connectivity index (χ2n) is 17.3. The molecule has 4 nitrogen and oxygen atoms in total. The monoisotopic (exact) mass is 754 g/mol. The average molecular weight is 755 g/mol. The van der Waals surface area contributed by atoms with Crippen LogP contribution in [0.15, 0.2) is 126 Å². The molecule has 0 aromatic heterocycles. The van der Waals surface area contributed by atoms with E-state index in [0.29, 0.717) is 19.4 Å². The van der Waals surface area contributed by atoms with Crippen molar-refractivity contribution in [2.45, 2.75) is 150 Å². The molecule has 0 amide bonds. The number of hydrogen-bond acceptors (Lipinski definition) is 4. The van der Waals surface area contributed by atoms with Gasteiger partial charge >= 0.3 is 0 Å². The van der Waals surface area contributed by atoms with Crippen LogP contribution in [-0.2, 0) is 20.2 Å². The summed E-state index contributed by atoms with van der Waals surface area (Å²) >= 11 is 0. The van der Waals surface area contributed by atoms with Crippen LogP contribution in [0.4, 0.5) is 0 Å². The third-order valence-corrected chi connectivity index (χ3v) is 20.8. The Balaban J connectivity index is 2.30. The maximum Gasteiger partial charge on any atom is 0.262 e. The Hall–Kier alpha value is -2.85. The van der Waals surface area contributed by atoms with E-state index in [1.807, 2.05) is 18.2 Å². The van der Waals surface area contributed by atoms with Crippen LogP contribution < -0.4 is 10.4 Å². The first kappa shape index (κ1) is 44.5. The molecular weight excluding hydrogens is 685 g/mol. The number of aliphatic hydroxyl groups is 1. The summed E-state index contributed by atoms with van der Waals surface area (Å²) in [5.41, 5.74) is 4.57. The lowest BCUT2D eigenvalue weighted by atomic mass is 9.96. The smallest absolute Gasteiger partial charge is 0.262 e. The molecule has 3 rings (SSSR count). The third kappa shape index (κ3) is 11.8. The summed E-state index contributed by atoms with van der Waals surface area (Å²) in [7, 11) is -5.15. The molecule has 0 aliphatic carbocycles. The van der Waals surface area contributed by atoms with E-state index in [4.69, 9.17) is 13.6 Å². The molecule has 0 aliphatic heterocycles. The normalized spacial score (nSPS) is 16.3. The molecule has 0 fully saturated rings. The highest BCUT2D eigenvalue weighted by molar-refractivity contribution is 6.99. The van der Waals surface area contributed by atoms with Crippen LogP contribution >= 0.6 is 0 Å². The fourth-order valence-corrected chi connectivity index (χ4v) is 12.6. The Labute approximate surface area is 325 Å². The lowest BCUT2D eigenvalue weighted by Gasteiger charge is -2.47. The lowest BCUT2D eigenvalue weighted by Crippen LogP contribution is -2.69. The van der Waals surface area contributed by atoms with Gasteiger partial charge in [0, 0.05) is 0 Å². The molecule has 4 atom stereocenters. The number of benzene rings is 3. The van der Waals surface area contributed by atoms with Crippen molar-refractivity contribution in [1.82, 2.24) is 0 Å². The largest absolute Gasteiger partial charge is 0.410 e. The molecule has 290 valence electrons. The second-order valence-corrected chi connectivity index (χ2v) is 26.3. The van der Waals surface area contributed by atoms with Crippen LogP contribution in [-0.4, -0.2) is 46.2 Å². The van der Waals surface area contributed by atoms with Crippen LogP contribution in [0, 0.1) is 0 Å². The van der Waals surface area contributed by atoms with Crippen molar-refractivity contribution in [2.24, 2.45) is 0 Å². The van der Waals surface area contributed by atoms with Gasteiger partial charge in [-0.3, -0.25) is 0 Å².